The van der Waals surface area contributed by atoms with Crippen LogP contribution in [0.4, 0.5) is 4.39 Å². The number of benzene rings is 1. The third-order valence-electron chi connectivity index (χ3n) is 2.62. The van der Waals surface area contributed by atoms with Gasteiger partial charge in [-0.3, -0.25) is 0 Å². The maximum Gasteiger partial charge on any atom is 0.137 e. The molecule has 3 rings (SSSR count). The number of hydrogen-bond donors (Lipinski definition) is 0. The standard InChI is InChI=1S/C13H7BrClFN2/c14-11-5-9(16)2-3-10(11)12-7-18-6-8(15)1-4-13(18)17-12/h1-7H. The Kier molecular flexibility index (Phi) is 2.84. The van der Waals surface area contributed by atoms with Crippen molar-refractivity contribution in [3.05, 3.63) is 58.0 Å². The van der Waals surface area contributed by atoms with Crippen LogP contribution in [0, 0.1) is 5.82 Å². The van der Waals surface area contributed by atoms with Gasteiger partial charge >= 0.3 is 0 Å². The molecule has 2 heterocycles. The Labute approximate surface area is 116 Å². The zero-order valence-corrected chi connectivity index (χ0v) is 11.4. The van der Waals surface area contributed by atoms with Gasteiger partial charge in [-0.1, -0.05) is 11.6 Å². The van der Waals surface area contributed by atoms with E-state index in [2.05, 4.69) is 20.9 Å². The fourth-order valence-corrected chi connectivity index (χ4v) is 2.51. The van der Waals surface area contributed by atoms with Gasteiger partial charge in [0.15, 0.2) is 0 Å². The van der Waals surface area contributed by atoms with Crippen LogP contribution in [0.25, 0.3) is 16.9 Å². The first-order valence-electron chi connectivity index (χ1n) is 5.23. The van der Waals surface area contributed by atoms with Gasteiger partial charge in [-0.2, -0.15) is 0 Å². The molecule has 0 saturated heterocycles. The summed E-state index contributed by atoms with van der Waals surface area (Å²) in [6.45, 7) is 0. The van der Waals surface area contributed by atoms with Gasteiger partial charge in [-0.25, -0.2) is 9.37 Å². The third-order valence-corrected chi connectivity index (χ3v) is 3.50. The number of halogens is 3. The number of rotatable bonds is 1. The molecule has 0 aliphatic heterocycles. The van der Waals surface area contributed by atoms with E-state index in [-0.39, 0.29) is 5.82 Å². The molecule has 0 radical (unpaired) electrons. The summed E-state index contributed by atoms with van der Waals surface area (Å²) in [7, 11) is 0. The van der Waals surface area contributed by atoms with Crippen molar-refractivity contribution in [1.82, 2.24) is 9.38 Å². The summed E-state index contributed by atoms with van der Waals surface area (Å²) < 4.78 is 15.6. The van der Waals surface area contributed by atoms with Crippen LogP contribution in [0.2, 0.25) is 5.02 Å². The van der Waals surface area contributed by atoms with Crippen LogP contribution in [0.5, 0.6) is 0 Å². The van der Waals surface area contributed by atoms with Crippen LogP contribution < -0.4 is 0 Å². The van der Waals surface area contributed by atoms with Crippen molar-refractivity contribution in [2.45, 2.75) is 0 Å². The van der Waals surface area contributed by atoms with Crippen molar-refractivity contribution in [3.63, 3.8) is 0 Å². The number of aromatic nitrogens is 2. The molecule has 2 nitrogen and oxygen atoms in total. The van der Waals surface area contributed by atoms with Crippen molar-refractivity contribution in [1.29, 1.82) is 0 Å². The number of pyridine rings is 1. The topological polar surface area (TPSA) is 17.3 Å². The number of fused-ring (bicyclic) bond motifs is 1. The Balaban J connectivity index is 2.19. The maximum atomic E-state index is 13.0. The molecule has 1 aromatic carbocycles. The Morgan fingerprint density at radius 3 is 2.78 bits per heavy atom. The first-order valence-corrected chi connectivity index (χ1v) is 6.40. The first kappa shape index (κ1) is 11.7. The zero-order valence-electron chi connectivity index (χ0n) is 9.07. The minimum atomic E-state index is -0.280. The van der Waals surface area contributed by atoms with E-state index in [1.54, 1.807) is 18.3 Å². The molecule has 0 atom stereocenters. The molecule has 2 aromatic heterocycles. The molecule has 0 fully saturated rings. The molecule has 0 aliphatic rings. The predicted octanol–water partition coefficient (Wildman–Crippen LogP) is 4.56. The normalized spacial score (nSPS) is 11.1. The molecule has 0 saturated carbocycles. The third kappa shape index (κ3) is 2.02. The van der Waals surface area contributed by atoms with E-state index in [1.165, 1.54) is 12.1 Å². The Hall–Kier alpha value is -1.39. The lowest BCUT2D eigenvalue weighted by Gasteiger charge is -1.99. The van der Waals surface area contributed by atoms with Crippen LogP contribution >= 0.6 is 27.5 Å². The van der Waals surface area contributed by atoms with Crippen LogP contribution in [-0.2, 0) is 0 Å². The average molecular weight is 326 g/mol. The van der Waals surface area contributed by atoms with Crippen LogP contribution in [0.1, 0.15) is 0 Å². The fraction of sp³-hybridized carbons (Fsp3) is 0. The monoisotopic (exact) mass is 324 g/mol. The summed E-state index contributed by atoms with van der Waals surface area (Å²) in [5.74, 6) is -0.280. The van der Waals surface area contributed by atoms with E-state index in [9.17, 15) is 4.39 Å². The van der Waals surface area contributed by atoms with E-state index in [4.69, 9.17) is 11.6 Å². The highest BCUT2D eigenvalue weighted by molar-refractivity contribution is 9.10. The Morgan fingerprint density at radius 1 is 1.17 bits per heavy atom. The van der Waals surface area contributed by atoms with Gasteiger partial charge in [-0.05, 0) is 46.3 Å². The number of hydrogen-bond acceptors (Lipinski definition) is 1. The quantitative estimate of drug-likeness (QED) is 0.641. The second-order valence-electron chi connectivity index (χ2n) is 3.86. The summed E-state index contributed by atoms with van der Waals surface area (Å²) in [5.41, 5.74) is 2.41. The zero-order chi connectivity index (χ0) is 12.7. The van der Waals surface area contributed by atoms with E-state index in [0.717, 1.165) is 16.9 Å². The van der Waals surface area contributed by atoms with Gasteiger partial charge < -0.3 is 4.40 Å². The molecule has 0 bridgehead atoms. The Bertz CT molecular complexity index is 739. The largest absolute Gasteiger partial charge is 0.305 e. The second kappa shape index (κ2) is 4.37. The molecule has 0 amide bonds. The summed E-state index contributed by atoms with van der Waals surface area (Å²) in [6, 6.07) is 8.16. The highest BCUT2D eigenvalue weighted by atomic mass is 79.9. The molecule has 0 unspecified atom stereocenters. The van der Waals surface area contributed by atoms with Crippen LogP contribution in [0.3, 0.4) is 0 Å². The highest BCUT2D eigenvalue weighted by Gasteiger charge is 2.08. The summed E-state index contributed by atoms with van der Waals surface area (Å²) in [6.07, 6.45) is 3.64. The lowest BCUT2D eigenvalue weighted by atomic mass is 10.2. The Morgan fingerprint density at radius 2 is 2.00 bits per heavy atom. The van der Waals surface area contributed by atoms with Crippen molar-refractivity contribution >= 4 is 33.2 Å². The smallest absolute Gasteiger partial charge is 0.137 e. The lowest BCUT2D eigenvalue weighted by molar-refractivity contribution is 0.627. The van der Waals surface area contributed by atoms with Crippen molar-refractivity contribution < 1.29 is 4.39 Å². The van der Waals surface area contributed by atoms with Gasteiger partial charge in [0.2, 0.25) is 0 Å². The molecule has 0 spiro atoms. The highest BCUT2D eigenvalue weighted by Crippen LogP contribution is 2.28. The average Bonchev–Trinajstić information content (AvgIpc) is 2.71. The van der Waals surface area contributed by atoms with Gasteiger partial charge in [0.25, 0.3) is 0 Å². The predicted molar refractivity (Wildman–Crippen MR) is 73.3 cm³/mol. The van der Waals surface area contributed by atoms with Crippen LogP contribution in [0.15, 0.2) is 47.2 Å². The van der Waals surface area contributed by atoms with E-state index < -0.39 is 0 Å². The van der Waals surface area contributed by atoms with E-state index in [1.807, 2.05) is 16.7 Å². The first-order chi connectivity index (χ1) is 8.63. The number of nitrogens with zero attached hydrogens (tertiary/aromatic N) is 2. The summed E-state index contributed by atoms with van der Waals surface area (Å²) in [5, 5.41) is 0.643. The van der Waals surface area contributed by atoms with Crippen molar-refractivity contribution in [2.24, 2.45) is 0 Å². The SMILES string of the molecule is Fc1ccc(-c2cn3cc(Cl)ccc3n2)c(Br)c1. The fourth-order valence-electron chi connectivity index (χ4n) is 1.79. The van der Waals surface area contributed by atoms with E-state index in [0.29, 0.717) is 9.50 Å². The molecular formula is C13H7BrClFN2. The van der Waals surface area contributed by atoms with E-state index >= 15 is 0 Å². The molecule has 90 valence electrons. The molecule has 0 aliphatic carbocycles. The summed E-state index contributed by atoms with van der Waals surface area (Å²) in [4.78, 5) is 4.47. The summed E-state index contributed by atoms with van der Waals surface area (Å²) >= 11 is 9.26. The number of imidazole rings is 1. The minimum Gasteiger partial charge on any atom is -0.305 e. The van der Waals surface area contributed by atoms with Gasteiger partial charge in [0, 0.05) is 22.4 Å². The second-order valence-corrected chi connectivity index (χ2v) is 5.15. The van der Waals surface area contributed by atoms with Gasteiger partial charge in [-0.15, -0.1) is 0 Å². The minimum absolute atomic E-state index is 0.280. The van der Waals surface area contributed by atoms with Crippen molar-refractivity contribution in [3.8, 4) is 11.3 Å². The molecule has 0 N–H and O–H groups in total. The van der Waals surface area contributed by atoms with Crippen LogP contribution in [-0.4, -0.2) is 9.38 Å². The molecule has 5 heteroatoms. The molecular weight excluding hydrogens is 319 g/mol. The van der Waals surface area contributed by atoms with Crippen molar-refractivity contribution in [2.75, 3.05) is 0 Å². The maximum absolute atomic E-state index is 13.0. The van der Waals surface area contributed by atoms with Gasteiger partial charge in [0.05, 0.1) is 10.7 Å². The lowest BCUT2D eigenvalue weighted by Crippen LogP contribution is -1.81. The molecule has 3 aromatic rings. The van der Waals surface area contributed by atoms with Gasteiger partial charge in [0.1, 0.15) is 11.5 Å². The molecule has 18 heavy (non-hydrogen) atoms.